The average Bonchev–Trinajstić information content (AvgIpc) is 2.89. The highest BCUT2D eigenvalue weighted by Gasteiger charge is 2.19. The molecule has 0 unspecified atom stereocenters. The SMILES string of the molecule is O=C(CCCCCN1CCN(c2ccccc2-c2ccccc2)CC1)NCc1ccc(F)nc1. The molecular weight excluding hydrogens is 427 g/mol. The summed E-state index contributed by atoms with van der Waals surface area (Å²) >= 11 is 0. The lowest BCUT2D eigenvalue weighted by molar-refractivity contribution is -0.121. The third-order valence-corrected chi connectivity index (χ3v) is 6.36. The summed E-state index contributed by atoms with van der Waals surface area (Å²) in [4.78, 5) is 20.7. The van der Waals surface area contributed by atoms with E-state index in [2.05, 4.69) is 74.7 Å². The van der Waals surface area contributed by atoms with Crippen LogP contribution in [-0.2, 0) is 11.3 Å². The summed E-state index contributed by atoms with van der Waals surface area (Å²) in [6.45, 7) is 5.67. The minimum absolute atomic E-state index is 0.0371. The van der Waals surface area contributed by atoms with Crippen LogP contribution in [0.5, 0.6) is 0 Å². The van der Waals surface area contributed by atoms with E-state index in [-0.39, 0.29) is 5.91 Å². The van der Waals surface area contributed by atoms with E-state index in [1.54, 1.807) is 6.07 Å². The van der Waals surface area contributed by atoms with E-state index in [4.69, 9.17) is 0 Å². The first-order valence-electron chi connectivity index (χ1n) is 12.2. The molecule has 4 rings (SSSR count). The van der Waals surface area contributed by atoms with E-state index >= 15 is 0 Å². The van der Waals surface area contributed by atoms with Gasteiger partial charge in [0, 0.05) is 56.6 Å². The summed E-state index contributed by atoms with van der Waals surface area (Å²) in [7, 11) is 0. The monoisotopic (exact) mass is 460 g/mol. The zero-order valence-electron chi connectivity index (χ0n) is 19.6. The highest BCUT2D eigenvalue weighted by atomic mass is 19.1. The van der Waals surface area contributed by atoms with Crippen LogP contribution >= 0.6 is 0 Å². The molecule has 1 amide bonds. The number of piperazine rings is 1. The summed E-state index contributed by atoms with van der Waals surface area (Å²) in [5, 5.41) is 2.88. The Morgan fingerprint density at radius 2 is 1.65 bits per heavy atom. The van der Waals surface area contributed by atoms with E-state index in [0.29, 0.717) is 13.0 Å². The maximum Gasteiger partial charge on any atom is 0.220 e. The highest BCUT2D eigenvalue weighted by Crippen LogP contribution is 2.31. The lowest BCUT2D eigenvalue weighted by Crippen LogP contribution is -2.46. The Morgan fingerprint density at radius 3 is 2.41 bits per heavy atom. The molecule has 0 saturated carbocycles. The average molecular weight is 461 g/mol. The number of rotatable bonds is 10. The summed E-state index contributed by atoms with van der Waals surface area (Å²) < 4.78 is 12.8. The molecule has 0 bridgehead atoms. The minimum atomic E-state index is -0.506. The number of benzene rings is 2. The zero-order chi connectivity index (χ0) is 23.6. The second kappa shape index (κ2) is 12.3. The molecule has 5 nitrogen and oxygen atoms in total. The molecule has 2 heterocycles. The van der Waals surface area contributed by atoms with Crippen molar-refractivity contribution in [1.29, 1.82) is 0 Å². The second-order valence-corrected chi connectivity index (χ2v) is 8.79. The number of hydrogen-bond acceptors (Lipinski definition) is 4. The third kappa shape index (κ3) is 6.87. The van der Waals surface area contributed by atoms with Crippen LogP contribution in [0.2, 0.25) is 0 Å². The fourth-order valence-corrected chi connectivity index (χ4v) is 4.42. The smallest absolute Gasteiger partial charge is 0.220 e. The molecule has 1 aliphatic rings. The van der Waals surface area contributed by atoms with Crippen molar-refractivity contribution in [3.63, 3.8) is 0 Å². The minimum Gasteiger partial charge on any atom is -0.368 e. The van der Waals surface area contributed by atoms with Gasteiger partial charge in [-0.3, -0.25) is 9.69 Å². The van der Waals surface area contributed by atoms with Crippen molar-refractivity contribution in [3.8, 4) is 11.1 Å². The molecule has 0 aliphatic carbocycles. The van der Waals surface area contributed by atoms with E-state index < -0.39 is 5.95 Å². The van der Waals surface area contributed by atoms with Gasteiger partial charge in [-0.2, -0.15) is 4.39 Å². The van der Waals surface area contributed by atoms with Gasteiger partial charge in [0.05, 0.1) is 0 Å². The van der Waals surface area contributed by atoms with Crippen molar-refractivity contribution in [1.82, 2.24) is 15.2 Å². The van der Waals surface area contributed by atoms with Crippen LogP contribution in [0.4, 0.5) is 10.1 Å². The first-order chi connectivity index (χ1) is 16.7. The number of hydrogen-bond donors (Lipinski definition) is 1. The number of carbonyl (C=O) groups excluding carboxylic acids is 1. The van der Waals surface area contributed by atoms with Gasteiger partial charge in [0.25, 0.3) is 0 Å². The standard InChI is InChI=1S/C28H33FN4O/c29-27-15-14-23(21-30-27)22-31-28(34)13-5-2-8-16-32-17-19-33(20-18-32)26-12-7-6-11-25(26)24-9-3-1-4-10-24/h1,3-4,6-7,9-12,14-15,21H,2,5,8,13,16-20,22H2,(H,31,34). The van der Waals surface area contributed by atoms with Crippen LogP contribution in [0.3, 0.4) is 0 Å². The number of unbranched alkanes of at least 4 members (excludes halogenated alkanes) is 2. The predicted molar refractivity (Wildman–Crippen MR) is 135 cm³/mol. The van der Waals surface area contributed by atoms with Crippen molar-refractivity contribution in [3.05, 3.63) is 84.4 Å². The summed E-state index contributed by atoms with van der Waals surface area (Å²) in [5.41, 5.74) is 4.68. The second-order valence-electron chi connectivity index (χ2n) is 8.79. The molecule has 0 spiro atoms. The Labute approximate surface area is 201 Å². The lowest BCUT2D eigenvalue weighted by Gasteiger charge is -2.37. The Hall–Kier alpha value is -3.25. The Kier molecular flexibility index (Phi) is 8.63. The number of para-hydroxylation sites is 1. The van der Waals surface area contributed by atoms with Crippen LogP contribution < -0.4 is 10.2 Å². The lowest BCUT2D eigenvalue weighted by atomic mass is 10.0. The number of anilines is 1. The van der Waals surface area contributed by atoms with Crippen molar-refractivity contribution in [2.24, 2.45) is 0 Å². The number of amides is 1. The molecule has 1 saturated heterocycles. The molecular formula is C28H33FN4O. The molecule has 1 aliphatic heterocycles. The van der Waals surface area contributed by atoms with Gasteiger partial charge in [-0.15, -0.1) is 0 Å². The number of halogens is 1. The maximum absolute atomic E-state index is 12.8. The van der Waals surface area contributed by atoms with Gasteiger partial charge in [-0.05, 0) is 42.6 Å². The van der Waals surface area contributed by atoms with Gasteiger partial charge in [0.1, 0.15) is 0 Å². The van der Waals surface area contributed by atoms with Crippen LogP contribution in [0, 0.1) is 5.95 Å². The van der Waals surface area contributed by atoms with Crippen LogP contribution in [0.15, 0.2) is 72.9 Å². The fourth-order valence-electron chi connectivity index (χ4n) is 4.42. The number of aromatic nitrogens is 1. The van der Waals surface area contributed by atoms with Crippen molar-refractivity contribution >= 4 is 11.6 Å². The molecule has 3 aromatic rings. The molecule has 0 atom stereocenters. The van der Waals surface area contributed by atoms with Crippen LogP contribution in [0.25, 0.3) is 11.1 Å². The predicted octanol–water partition coefficient (Wildman–Crippen LogP) is 4.89. The van der Waals surface area contributed by atoms with E-state index in [9.17, 15) is 9.18 Å². The van der Waals surface area contributed by atoms with Crippen molar-refractivity contribution < 1.29 is 9.18 Å². The largest absolute Gasteiger partial charge is 0.368 e. The van der Waals surface area contributed by atoms with E-state index in [1.807, 2.05) is 0 Å². The summed E-state index contributed by atoms with van der Waals surface area (Å²) in [6, 6.07) is 22.2. The van der Waals surface area contributed by atoms with E-state index in [1.165, 1.54) is 29.1 Å². The number of nitrogens with zero attached hydrogens (tertiary/aromatic N) is 3. The summed E-state index contributed by atoms with van der Waals surface area (Å²) in [6.07, 6.45) is 5.02. The first-order valence-corrected chi connectivity index (χ1v) is 12.2. The molecule has 1 N–H and O–H groups in total. The molecule has 178 valence electrons. The number of carbonyl (C=O) groups is 1. The highest BCUT2D eigenvalue weighted by molar-refractivity contribution is 5.78. The van der Waals surface area contributed by atoms with Gasteiger partial charge < -0.3 is 10.2 Å². The number of nitrogens with one attached hydrogen (secondary N) is 1. The normalized spacial score (nSPS) is 14.2. The van der Waals surface area contributed by atoms with Gasteiger partial charge >= 0.3 is 0 Å². The van der Waals surface area contributed by atoms with Crippen molar-refractivity contribution in [2.45, 2.75) is 32.2 Å². The zero-order valence-corrected chi connectivity index (χ0v) is 19.6. The Morgan fingerprint density at radius 1 is 0.882 bits per heavy atom. The Bertz CT molecular complexity index is 1030. The molecule has 34 heavy (non-hydrogen) atoms. The molecule has 0 radical (unpaired) electrons. The Balaban J connectivity index is 1.13. The summed E-state index contributed by atoms with van der Waals surface area (Å²) in [5.74, 6) is -0.469. The fraction of sp³-hybridized carbons (Fsp3) is 0.357. The van der Waals surface area contributed by atoms with Crippen molar-refractivity contribution in [2.75, 3.05) is 37.6 Å². The topological polar surface area (TPSA) is 48.5 Å². The van der Waals surface area contributed by atoms with Gasteiger partial charge in [0.2, 0.25) is 11.9 Å². The van der Waals surface area contributed by atoms with Crippen LogP contribution in [-0.4, -0.2) is 48.5 Å². The maximum atomic E-state index is 12.8. The molecule has 1 aromatic heterocycles. The van der Waals surface area contributed by atoms with Gasteiger partial charge in [0.15, 0.2) is 0 Å². The first kappa shape index (κ1) is 23.9. The quantitative estimate of drug-likeness (QED) is 0.346. The van der Waals surface area contributed by atoms with E-state index in [0.717, 1.165) is 57.5 Å². The number of pyridine rings is 1. The molecule has 2 aromatic carbocycles. The third-order valence-electron chi connectivity index (χ3n) is 6.36. The molecule has 6 heteroatoms. The van der Waals surface area contributed by atoms with Crippen LogP contribution in [0.1, 0.15) is 31.2 Å². The molecule has 1 fully saturated rings. The van der Waals surface area contributed by atoms with Gasteiger partial charge in [-0.1, -0.05) is 61.0 Å². The van der Waals surface area contributed by atoms with Gasteiger partial charge in [-0.25, -0.2) is 4.98 Å².